The van der Waals surface area contributed by atoms with Gasteiger partial charge in [-0.3, -0.25) is 9.80 Å². The van der Waals surface area contributed by atoms with Crippen LogP contribution in [0.15, 0.2) is 57.7 Å². The highest BCUT2D eigenvalue weighted by Crippen LogP contribution is 2.20. The number of piperazine rings is 1. The second-order valence-corrected chi connectivity index (χ2v) is 7.27. The average Bonchev–Trinajstić information content (AvgIpc) is 2.64. The van der Waals surface area contributed by atoms with E-state index < -0.39 is 0 Å². The maximum absolute atomic E-state index is 13.0. The van der Waals surface area contributed by atoms with Gasteiger partial charge in [0.15, 0.2) is 0 Å². The lowest BCUT2D eigenvalue weighted by molar-refractivity contribution is 0.122. The topological polar surface area (TPSA) is 36.7 Å². The van der Waals surface area contributed by atoms with E-state index in [1.165, 1.54) is 12.1 Å². The molecule has 0 amide bonds. The number of aryl methyl sites for hydroxylation is 1. The second-order valence-electron chi connectivity index (χ2n) is 7.27. The Morgan fingerprint density at radius 1 is 0.926 bits per heavy atom. The normalized spacial score (nSPS) is 16.1. The SMILES string of the molecule is Cc1ccc2c(CN3CCN(Cc4ccc(F)cc4)CC3)cc(=O)oc2c1. The average molecular weight is 366 g/mol. The lowest BCUT2D eigenvalue weighted by Gasteiger charge is -2.34. The summed E-state index contributed by atoms with van der Waals surface area (Å²) in [6.07, 6.45) is 0. The van der Waals surface area contributed by atoms with Gasteiger partial charge >= 0.3 is 5.63 Å². The molecule has 0 unspecified atom stereocenters. The summed E-state index contributed by atoms with van der Waals surface area (Å²) in [6, 6.07) is 14.3. The van der Waals surface area contributed by atoms with Crippen molar-refractivity contribution in [1.29, 1.82) is 0 Å². The van der Waals surface area contributed by atoms with Crippen LogP contribution in [0.5, 0.6) is 0 Å². The fourth-order valence-electron chi connectivity index (χ4n) is 3.66. The van der Waals surface area contributed by atoms with Gasteiger partial charge in [-0.25, -0.2) is 9.18 Å². The minimum atomic E-state index is -0.293. The van der Waals surface area contributed by atoms with Gasteiger partial charge in [-0.15, -0.1) is 0 Å². The zero-order chi connectivity index (χ0) is 18.8. The van der Waals surface area contributed by atoms with Crippen molar-refractivity contribution >= 4 is 11.0 Å². The Balaban J connectivity index is 1.41. The van der Waals surface area contributed by atoms with Crippen LogP contribution < -0.4 is 5.63 Å². The minimum absolute atomic E-state index is 0.196. The summed E-state index contributed by atoms with van der Waals surface area (Å²) < 4.78 is 18.4. The summed E-state index contributed by atoms with van der Waals surface area (Å²) in [5.41, 5.74) is 3.60. The van der Waals surface area contributed by atoms with Crippen LogP contribution in [0.25, 0.3) is 11.0 Å². The number of halogens is 1. The standard InChI is InChI=1S/C22H23FN2O2/c1-16-2-7-20-18(13-22(26)27-21(20)12-16)15-25-10-8-24(9-11-25)14-17-3-5-19(23)6-4-17/h2-7,12-13H,8-11,14-15H2,1H3. The Kier molecular flexibility index (Phi) is 5.05. The van der Waals surface area contributed by atoms with Crippen LogP contribution in [0.2, 0.25) is 0 Å². The Bertz CT molecular complexity index is 989. The van der Waals surface area contributed by atoms with Crippen LogP contribution in [0, 0.1) is 12.7 Å². The summed E-state index contributed by atoms with van der Waals surface area (Å²) >= 11 is 0. The number of nitrogens with zero attached hydrogens (tertiary/aromatic N) is 2. The molecule has 0 bridgehead atoms. The third-order valence-electron chi connectivity index (χ3n) is 5.16. The van der Waals surface area contributed by atoms with Gasteiger partial charge in [-0.1, -0.05) is 24.3 Å². The summed E-state index contributed by atoms with van der Waals surface area (Å²) in [4.78, 5) is 16.7. The molecule has 0 spiro atoms. The number of hydrogen-bond donors (Lipinski definition) is 0. The fourth-order valence-corrected chi connectivity index (χ4v) is 3.66. The van der Waals surface area contributed by atoms with Gasteiger partial charge in [0.1, 0.15) is 11.4 Å². The Morgan fingerprint density at radius 2 is 1.59 bits per heavy atom. The number of rotatable bonds is 4. The summed E-state index contributed by atoms with van der Waals surface area (Å²) in [7, 11) is 0. The van der Waals surface area contributed by atoms with Gasteiger partial charge in [0.25, 0.3) is 0 Å². The minimum Gasteiger partial charge on any atom is -0.423 e. The van der Waals surface area contributed by atoms with E-state index in [0.717, 1.165) is 61.3 Å². The molecular formula is C22H23FN2O2. The van der Waals surface area contributed by atoms with Gasteiger partial charge in [0.05, 0.1) is 0 Å². The highest BCUT2D eigenvalue weighted by molar-refractivity contribution is 5.80. The molecule has 3 aromatic rings. The van der Waals surface area contributed by atoms with E-state index in [4.69, 9.17) is 4.42 Å². The van der Waals surface area contributed by atoms with Crippen LogP contribution in [0.1, 0.15) is 16.7 Å². The van der Waals surface area contributed by atoms with Crippen molar-refractivity contribution in [3.05, 3.63) is 81.5 Å². The van der Waals surface area contributed by atoms with E-state index in [1.54, 1.807) is 6.07 Å². The first-order chi connectivity index (χ1) is 13.1. The lowest BCUT2D eigenvalue weighted by atomic mass is 10.1. The first-order valence-corrected chi connectivity index (χ1v) is 9.29. The molecule has 1 aliphatic heterocycles. The van der Waals surface area contributed by atoms with E-state index in [2.05, 4.69) is 9.80 Å². The number of hydrogen-bond acceptors (Lipinski definition) is 4. The lowest BCUT2D eigenvalue weighted by Crippen LogP contribution is -2.45. The largest absolute Gasteiger partial charge is 0.423 e. The van der Waals surface area contributed by atoms with Crippen molar-refractivity contribution < 1.29 is 8.81 Å². The first-order valence-electron chi connectivity index (χ1n) is 9.29. The van der Waals surface area contributed by atoms with Crippen LogP contribution in [0.3, 0.4) is 0 Å². The Hall–Kier alpha value is -2.50. The molecule has 0 atom stereocenters. The highest BCUT2D eigenvalue weighted by Gasteiger charge is 2.18. The third kappa shape index (κ3) is 4.26. The van der Waals surface area contributed by atoms with E-state index in [0.29, 0.717) is 5.58 Å². The molecule has 0 radical (unpaired) electrons. The summed E-state index contributed by atoms with van der Waals surface area (Å²) in [5, 5.41) is 1.01. The molecule has 140 valence electrons. The maximum atomic E-state index is 13.0. The quantitative estimate of drug-likeness (QED) is 0.662. The molecule has 0 aliphatic carbocycles. The van der Waals surface area contributed by atoms with Gasteiger partial charge in [-0.2, -0.15) is 0 Å². The molecule has 27 heavy (non-hydrogen) atoms. The molecule has 2 aromatic carbocycles. The van der Waals surface area contributed by atoms with Crippen molar-refractivity contribution in [2.75, 3.05) is 26.2 Å². The predicted octanol–water partition coefficient (Wildman–Crippen LogP) is 3.56. The third-order valence-corrected chi connectivity index (χ3v) is 5.16. The molecule has 0 saturated carbocycles. The molecule has 5 heteroatoms. The van der Waals surface area contributed by atoms with Crippen molar-refractivity contribution in [3.8, 4) is 0 Å². The van der Waals surface area contributed by atoms with Gasteiger partial charge in [-0.05, 0) is 41.8 Å². The van der Waals surface area contributed by atoms with Crippen LogP contribution >= 0.6 is 0 Å². The fraction of sp³-hybridized carbons (Fsp3) is 0.318. The monoisotopic (exact) mass is 366 g/mol. The van der Waals surface area contributed by atoms with E-state index in [9.17, 15) is 9.18 Å². The van der Waals surface area contributed by atoms with Crippen molar-refractivity contribution in [2.24, 2.45) is 0 Å². The van der Waals surface area contributed by atoms with E-state index >= 15 is 0 Å². The Labute approximate surface area is 157 Å². The van der Waals surface area contributed by atoms with Crippen LogP contribution in [-0.4, -0.2) is 36.0 Å². The molecule has 1 aromatic heterocycles. The smallest absolute Gasteiger partial charge is 0.336 e. The van der Waals surface area contributed by atoms with Gasteiger partial charge in [0.2, 0.25) is 0 Å². The molecular weight excluding hydrogens is 343 g/mol. The van der Waals surface area contributed by atoms with Gasteiger partial charge < -0.3 is 4.42 Å². The molecule has 0 N–H and O–H groups in total. The molecule has 4 nitrogen and oxygen atoms in total. The first kappa shape index (κ1) is 17.9. The number of benzene rings is 2. The van der Waals surface area contributed by atoms with Gasteiger partial charge in [0, 0.05) is 50.7 Å². The maximum Gasteiger partial charge on any atom is 0.336 e. The molecule has 1 aliphatic rings. The number of fused-ring (bicyclic) bond motifs is 1. The van der Waals surface area contributed by atoms with Crippen molar-refractivity contribution in [2.45, 2.75) is 20.0 Å². The zero-order valence-electron chi connectivity index (χ0n) is 15.5. The Morgan fingerprint density at radius 3 is 2.30 bits per heavy atom. The molecule has 4 rings (SSSR count). The second kappa shape index (κ2) is 7.62. The zero-order valence-corrected chi connectivity index (χ0v) is 15.5. The summed E-state index contributed by atoms with van der Waals surface area (Å²) in [5.74, 6) is -0.196. The molecule has 1 fully saturated rings. The predicted molar refractivity (Wildman–Crippen MR) is 104 cm³/mol. The molecule has 1 saturated heterocycles. The van der Waals surface area contributed by atoms with E-state index in [-0.39, 0.29) is 11.4 Å². The molecule has 2 heterocycles. The van der Waals surface area contributed by atoms with Crippen molar-refractivity contribution in [1.82, 2.24) is 9.80 Å². The van der Waals surface area contributed by atoms with Crippen LogP contribution in [0.4, 0.5) is 4.39 Å². The highest BCUT2D eigenvalue weighted by atomic mass is 19.1. The van der Waals surface area contributed by atoms with E-state index in [1.807, 2.05) is 37.3 Å². The van der Waals surface area contributed by atoms with Crippen LogP contribution in [-0.2, 0) is 13.1 Å². The summed E-state index contributed by atoms with van der Waals surface area (Å²) in [6.45, 7) is 7.36. The van der Waals surface area contributed by atoms with Crippen molar-refractivity contribution in [3.63, 3.8) is 0 Å².